The van der Waals surface area contributed by atoms with E-state index in [1.165, 1.54) is 83.9 Å². The van der Waals surface area contributed by atoms with Gasteiger partial charge >= 0.3 is 0 Å². The molecule has 1 aromatic heterocycles. The van der Waals surface area contributed by atoms with Crippen molar-refractivity contribution in [1.29, 1.82) is 0 Å². The number of fused-ring (bicyclic) bond motifs is 10. The van der Waals surface area contributed by atoms with Crippen molar-refractivity contribution in [2.45, 2.75) is 88.0 Å². The molecule has 65 heavy (non-hydrogen) atoms. The van der Waals surface area contributed by atoms with Crippen LogP contribution in [0.4, 0.5) is 0 Å². The van der Waals surface area contributed by atoms with E-state index in [1.54, 1.807) is 0 Å². The van der Waals surface area contributed by atoms with E-state index in [-0.39, 0.29) is 0 Å². The van der Waals surface area contributed by atoms with Crippen molar-refractivity contribution in [3.05, 3.63) is 205 Å². The fourth-order valence-corrected chi connectivity index (χ4v) is 7.82. The zero-order valence-corrected chi connectivity index (χ0v) is 40.5. The zero-order chi connectivity index (χ0) is 46.6. The Bertz CT molecular complexity index is 3020. The molecule has 0 fully saturated rings. The van der Waals surface area contributed by atoms with Gasteiger partial charge in [-0.2, -0.15) is 0 Å². The molecule has 0 aliphatic heterocycles. The molecule has 0 bridgehead atoms. The van der Waals surface area contributed by atoms with E-state index in [9.17, 15) is 0 Å². The molecule has 9 aromatic carbocycles. The van der Waals surface area contributed by atoms with Crippen LogP contribution in [0.5, 0.6) is 0 Å². The number of unbranched alkanes of at least 4 members (excludes halogenated alkanes) is 1. The van der Waals surface area contributed by atoms with Crippen molar-refractivity contribution in [2.24, 2.45) is 5.92 Å². The molecule has 1 heteroatoms. The van der Waals surface area contributed by atoms with Gasteiger partial charge in [-0.1, -0.05) is 256 Å². The maximum atomic E-state index is 6.49. The maximum Gasteiger partial charge on any atom is 0.143 e. The number of hydrogen-bond donors (Lipinski definition) is 0. The molecule has 330 valence electrons. The van der Waals surface area contributed by atoms with Gasteiger partial charge in [-0.15, -0.1) is 5.92 Å². The summed E-state index contributed by atoms with van der Waals surface area (Å²) < 4.78 is 6.49. The molecular formula is C64H68O. The third kappa shape index (κ3) is 12.2. The normalized spacial score (nSPS) is 11.1. The highest BCUT2D eigenvalue weighted by molar-refractivity contribution is 6.32. The molecule has 0 aliphatic carbocycles. The van der Waals surface area contributed by atoms with E-state index in [4.69, 9.17) is 4.42 Å². The first-order valence-electron chi connectivity index (χ1n) is 23.7. The number of rotatable bonds is 5. The second-order valence-electron chi connectivity index (χ2n) is 15.7. The summed E-state index contributed by atoms with van der Waals surface area (Å²) in [5.41, 5.74) is 9.49. The van der Waals surface area contributed by atoms with Crippen LogP contribution < -0.4 is 0 Å². The van der Waals surface area contributed by atoms with Crippen LogP contribution in [-0.2, 0) is 0 Å². The lowest BCUT2D eigenvalue weighted by Gasteiger charge is -2.14. The minimum absolute atomic E-state index is 0.437. The van der Waals surface area contributed by atoms with Gasteiger partial charge in [-0.3, -0.25) is 0 Å². The summed E-state index contributed by atoms with van der Waals surface area (Å²) in [6, 6.07) is 68.6. The van der Waals surface area contributed by atoms with Crippen LogP contribution in [-0.4, -0.2) is 0 Å². The molecule has 0 amide bonds. The molecule has 0 saturated heterocycles. The number of hydrogen-bond acceptors (Lipinski definition) is 1. The monoisotopic (exact) mass is 853 g/mol. The number of benzene rings is 9. The Kier molecular flexibility index (Phi) is 19.2. The number of aryl methyl sites for hydroxylation is 1. The third-order valence-electron chi connectivity index (χ3n) is 11.6. The minimum Gasteiger partial charge on any atom is -0.455 e. The Hall–Kier alpha value is -6.88. The number of furan rings is 1. The van der Waals surface area contributed by atoms with Gasteiger partial charge in [0.25, 0.3) is 0 Å². The summed E-state index contributed by atoms with van der Waals surface area (Å²) >= 11 is 0. The van der Waals surface area contributed by atoms with Crippen LogP contribution in [0.1, 0.15) is 92.2 Å². The quantitative estimate of drug-likeness (QED) is 0.124. The third-order valence-corrected chi connectivity index (χ3v) is 11.6. The van der Waals surface area contributed by atoms with Gasteiger partial charge in [0.2, 0.25) is 0 Å². The summed E-state index contributed by atoms with van der Waals surface area (Å²) in [6.45, 7) is 20.7. The van der Waals surface area contributed by atoms with Gasteiger partial charge in [0.1, 0.15) is 11.2 Å². The molecule has 0 aliphatic rings. The highest BCUT2D eigenvalue weighted by Crippen LogP contribution is 2.43. The Morgan fingerprint density at radius 1 is 0.431 bits per heavy atom. The van der Waals surface area contributed by atoms with E-state index >= 15 is 0 Å². The van der Waals surface area contributed by atoms with Crippen LogP contribution in [0.15, 0.2) is 199 Å². The van der Waals surface area contributed by atoms with Gasteiger partial charge in [0.05, 0.1) is 0 Å². The average Bonchev–Trinajstić information content (AvgIpc) is 3.77. The molecule has 1 heterocycles. The van der Waals surface area contributed by atoms with Crippen molar-refractivity contribution >= 4 is 54.3 Å². The lowest BCUT2D eigenvalue weighted by Crippen LogP contribution is -2.03. The largest absolute Gasteiger partial charge is 0.455 e. The smallest absolute Gasteiger partial charge is 0.143 e. The summed E-state index contributed by atoms with van der Waals surface area (Å²) in [5.74, 6) is 7.12. The highest BCUT2D eigenvalue weighted by Gasteiger charge is 2.16. The SMILES string of the molecule is CC.CC.CC#CC(C)C(C)c1ccccc1.CCCC.Cc1ccccc1.c1ccc(-c2ccc(-c3ccc4c(c3)c3ccccc3c3ccc5c6ccccc6oc5c34)cc2)cc1. The van der Waals surface area contributed by atoms with Crippen LogP contribution in [0.3, 0.4) is 0 Å². The van der Waals surface area contributed by atoms with Gasteiger partial charge in [-0.05, 0) is 92.7 Å². The van der Waals surface area contributed by atoms with Crippen LogP contribution in [0.25, 0.3) is 76.5 Å². The van der Waals surface area contributed by atoms with Crippen molar-refractivity contribution in [2.75, 3.05) is 0 Å². The van der Waals surface area contributed by atoms with Crippen molar-refractivity contribution in [1.82, 2.24) is 0 Å². The predicted octanol–water partition coefficient (Wildman–Crippen LogP) is 19.7. The van der Waals surface area contributed by atoms with Crippen molar-refractivity contribution < 1.29 is 4.42 Å². The van der Waals surface area contributed by atoms with Crippen molar-refractivity contribution in [3.63, 3.8) is 0 Å². The molecule has 0 radical (unpaired) electrons. The Labute approximate surface area is 390 Å². The van der Waals surface area contributed by atoms with E-state index in [0.717, 1.165) is 16.6 Å². The minimum atomic E-state index is 0.437. The Balaban J connectivity index is 0.000000233. The van der Waals surface area contributed by atoms with Crippen LogP contribution in [0, 0.1) is 24.7 Å². The highest BCUT2D eigenvalue weighted by atomic mass is 16.3. The van der Waals surface area contributed by atoms with Gasteiger partial charge in [-0.25, -0.2) is 0 Å². The number of para-hydroxylation sites is 1. The fraction of sp³-hybridized carbons (Fsp3) is 0.219. The zero-order valence-electron chi connectivity index (χ0n) is 40.5. The van der Waals surface area contributed by atoms with Crippen LogP contribution in [0.2, 0.25) is 0 Å². The lowest BCUT2D eigenvalue weighted by molar-refractivity contribution is 0.610. The topological polar surface area (TPSA) is 13.1 Å². The molecule has 2 unspecified atom stereocenters. The molecular weight excluding hydrogens is 785 g/mol. The molecule has 2 atom stereocenters. The average molecular weight is 853 g/mol. The molecule has 0 N–H and O–H groups in total. The molecule has 0 saturated carbocycles. The van der Waals surface area contributed by atoms with Gasteiger partial charge < -0.3 is 4.42 Å². The van der Waals surface area contributed by atoms with Crippen LogP contribution >= 0.6 is 0 Å². The summed E-state index contributed by atoms with van der Waals surface area (Å²) in [4.78, 5) is 0. The van der Waals surface area contributed by atoms with Gasteiger partial charge in [0.15, 0.2) is 0 Å². The lowest BCUT2D eigenvalue weighted by atomic mass is 9.89. The second-order valence-corrected chi connectivity index (χ2v) is 15.7. The first-order valence-corrected chi connectivity index (χ1v) is 23.7. The second kappa shape index (κ2) is 25.4. The Morgan fingerprint density at radius 2 is 0.862 bits per heavy atom. The van der Waals surface area contributed by atoms with Crippen molar-refractivity contribution in [3.8, 4) is 34.1 Å². The maximum absolute atomic E-state index is 6.49. The molecule has 10 aromatic rings. The first-order chi connectivity index (χ1) is 31.9. The molecule has 0 spiro atoms. The first kappa shape index (κ1) is 49.1. The molecule has 1 nitrogen and oxygen atoms in total. The fourth-order valence-electron chi connectivity index (χ4n) is 7.82. The van der Waals surface area contributed by atoms with E-state index < -0.39 is 0 Å². The summed E-state index contributed by atoms with van der Waals surface area (Å²) in [7, 11) is 0. The Morgan fingerprint density at radius 3 is 1.42 bits per heavy atom. The van der Waals surface area contributed by atoms with Gasteiger partial charge in [0, 0.05) is 22.1 Å². The van der Waals surface area contributed by atoms with E-state index in [1.807, 2.05) is 65.0 Å². The summed E-state index contributed by atoms with van der Waals surface area (Å²) in [6.07, 6.45) is 2.64. The predicted molar refractivity (Wildman–Crippen MR) is 289 cm³/mol. The standard InChI is InChI=1S/C36H22O.C13H16.C7H8.C4H10.2C2H6/c1-2-8-23(9-3-1)24-14-16-25(17-15-24)26-18-19-31-33(22-26)28-11-5-4-10-27(28)30-20-21-32-29-12-6-7-13-34(29)37-36(32)35(30)31;1-4-8-11(2)12(3)13-9-6-5-7-10-13;1-7-5-3-2-4-6-7;1-3-4-2;2*1-2/h1-22H;5-7,9-12H,1-3H3;2-6H,1H3;3-4H2,1-2H3;2*1-2H3. The van der Waals surface area contributed by atoms with E-state index in [2.05, 4.69) is 210 Å². The molecule has 10 rings (SSSR count). The van der Waals surface area contributed by atoms with E-state index in [0.29, 0.717) is 11.8 Å². The summed E-state index contributed by atoms with van der Waals surface area (Å²) in [5, 5.41) is 9.75.